The number of nitrogen functional groups attached to an aromatic ring is 1. The first-order valence-electron chi connectivity index (χ1n) is 7.58. The van der Waals surface area contributed by atoms with Crippen LogP contribution in [-0.4, -0.2) is 30.6 Å². The van der Waals surface area contributed by atoms with Crippen LogP contribution in [0.1, 0.15) is 32.8 Å². The van der Waals surface area contributed by atoms with E-state index in [0.29, 0.717) is 6.29 Å². The summed E-state index contributed by atoms with van der Waals surface area (Å²) in [6.45, 7) is 5.17. The number of alkyl carbamates (subject to hydrolysis) is 1. The van der Waals surface area contributed by atoms with Crippen molar-refractivity contribution >= 4 is 23.8 Å². The maximum atomic E-state index is 12.8. The predicted octanol–water partition coefficient (Wildman–Crippen LogP) is 3.18. The SMILES string of the molecule is CC(C)(C)OC(=O)NC(C=O)CCNc1cccc(C(F)(F)F)c1N. The molecule has 0 bridgehead atoms. The van der Waals surface area contributed by atoms with Gasteiger partial charge in [0, 0.05) is 6.54 Å². The van der Waals surface area contributed by atoms with Gasteiger partial charge in [-0.2, -0.15) is 13.2 Å². The molecule has 0 radical (unpaired) electrons. The van der Waals surface area contributed by atoms with Gasteiger partial charge in [0.25, 0.3) is 0 Å². The maximum Gasteiger partial charge on any atom is 0.418 e. The molecular weight excluding hydrogens is 339 g/mol. The summed E-state index contributed by atoms with van der Waals surface area (Å²) in [5.74, 6) is 0. The van der Waals surface area contributed by atoms with Crippen LogP contribution in [0.4, 0.5) is 29.3 Å². The monoisotopic (exact) mass is 361 g/mol. The Morgan fingerprint density at radius 2 is 1.96 bits per heavy atom. The summed E-state index contributed by atoms with van der Waals surface area (Å²) in [6.07, 6.45) is -4.62. The molecule has 6 nitrogen and oxygen atoms in total. The minimum atomic E-state index is -4.55. The number of aldehydes is 1. The van der Waals surface area contributed by atoms with Crippen molar-refractivity contribution in [3.63, 3.8) is 0 Å². The number of carbonyl (C=O) groups is 2. The fourth-order valence-corrected chi connectivity index (χ4v) is 1.96. The summed E-state index contributed by atoms with van der Waals surface area (Å²) in [5.41, 5.74) is 3.58. The number of para-hydroxylation sites is 1. The molecule has 25 heavy (non-hydrogen) atoms. The minimum absolute atomic E-state index is 0.108. The largest absolute Gasteiger partial charge is 0.444 e. The summed E-state index contributed by atoms with van der Waals surface area (Å²) in [4.78, 5) is 22.6. The van der Waals surface area contributed by atoms with Gasteiger partial charge in [-0.05, 0) is 39.3 Å². The lowest BCUT2D eigenvalue weighted by Gasteiger charge is -2.21. The van der Waals surface area contributed by atoms with Gasteiger partial charge in [-0.3, -0.25) is 0 Å². The van der Waals surface area contributed by atoms with Crippen molar-refractivity contribution in [2.24, 2.45) is 0 Å². The highest BCUT2D eigenvalue weighted by Gasteiger charge is 2.33. The van der Waals surface area contributed by atoms with E-state index in [1.54, 1.807) is 20.8 Å². The molecule has 1 amide bonds. The van der Waals surface area contributed by atoms with E-state index in [2.05, 4.69) is 10.6 Å². The molecule has 1 aromatic rings. The molecule has 0 aliphatic carbocycles. The zero-order valence-electron chi connectivity index (χ0n) is 14.2. The average molecular weight is 361 g/mol. The van der Waals surface area contributed by atoms with E-state index in [1.807, 2.05) is 0 Å². The summed E-state index contributed by atoms with van der Waals surface area (Å²) < 4.78 is 43.4. The van der Waals surface area contributed by atoms with Crippen molar-refractivity contribution in [1.82, 2.24) is 5.32 Å². The Balaban J connectivity index is 2.61. The Kier molecular flexibility index (Phi) is 6.66. The van der Waals surface area contributed by atoms with Crippen LogP contribution < -0.4 is 16.4 Å². The van der Waals surface area contributed by atoms with Crippen molar-refractivity contribution in [3.8, 4) is 0 Å². The zero-order valence-corrected chi connectivity index (χ0v) is 14.2. The quantitative estimate of drug-likeness (QED) is 0.534. The molecule has 0 spiro atoms. The van der Waals surface area contributed by atoms with Gasteiger partial charge < -0.3 is 25.9 Å². The van der Waals surface area contributed by atoms with Crippen molar-refractivity contribution < 1.29 is 27.5 Å². The number of halogens is 3. The fourth-order valence-electron chi connectivity index (χ4n) is 1.96. The first kappa shape index (κ1) is 20.6. The molecule has 0 saturated carbocycles. The normalized spacial score (nSPS) is 13.0. The van der Waals surface area contributed by atoms with Gasteiger partial charge in [-0.15, -0.1) is 0 Å². The number of hydrogen-bond acceptors (Lipinski definition) is 5. The number of benzene rings is 1. The molecule has 0 fully saturated rings. The van der Waals surface area contributed by atoms with Crippen molar-refractivity contribution in [2.75, 3.05) is 17.6 Å². The topological polar surface area (TPSA) is 93.4 Å². The molecule has 1 aromatic carbocycles. The van der Waals surface area contributed by atoms with Crippen LogP contribution in [0.15, 0.2) is 18.2 Å². The molecule has 1 atom stereocenters. The maximum absolute atomic E-state index is 12.8. The van der Waals surface area contributed by atoms with Crippen LogP contribution in [0, 0.1) is 0 Å². The zero-order chi connectivity index (χ0) is 19.3. The molecule has 0 heterocycles. The average Bonchev–Trinajstić information content (AvgIpc) is 2.44. The second-order valence-electron chi connectivity index (χ2n) is 6.37. The minimum Gasteiger partial charge on any atom is -0.444 e. The van der Waals surface area contributed by atoms with E-state index in [9.17, 15) is 22.8 Å². The number of carbonyl (C=O) groups excluding carboxylic acids is 2. The third-order valence-electron chi connectivity index (χ3n) is 3.05. The van der Waals surface area contributed by atoms with Crippen LogP contribution >= 0.6 is 0 Å². The van der Waals surface area contributed by atoms with E-state index >= 15 is 0 Å². The van der Waals surface area contributed by atoms with Gasteiger partial charge in [0.1, 0.15) is 11.9 Å². The van der Waals surface area contributed by atoms with Crippen LogP contribution in [0.2, 0.25) is 0 Å². The second kappa shape index (κ2) is 8.09. The molecule has 140 valence electrons. The molecule has 0 aromatic heterocycles. The molecule has 1 unspecified atom stereocenters. The number of hydrogen-bond donors (Lipinski definition) is 3. The van der Waals surface area contributed by atoms with Crippen LogP contribution in [0.5, 0.6) is 0 Å². The van der Waals surface area contributed by atoms with Crippen LogP contribution in [0.25, 0.3) is 0 Å². The van der Waals surface area contributed by atoms with E-state index in [-0.39, 0.29) is 18.7 Å². The van der Waals surface area contributed by atoms with E-state index in [0.717, 1.165) is 6.07 Å². The summed E-state index contributed by atoms with van der Waals surface area (Å²) >= 11 is 0. The number of rotatable bonds is 6. The van der Waals surface area contributed by atoms with Gasteiger partial charge in [0.2, 0.25) is 0 Å². The Labute approximate surface area is 143 Å². The summed E-state index contributed by atoms with van der Waals surface area (Å²) in [6, 6.07) is 2.69. The van der Waals surface area contributed by atoms with Crippen molar-refractivity contribution in [2.45, 2.75) is 45.0 Å². The highest BCUT2D eigenvalue weighted by atomic mass is 19.4. The van der Waals surface area contributed by atoms with Gasteiger partial charge in [0.05, 0.1) is 23.0 Å². The Morgan fingerprint density at radius 3 is 2.48 bits per heavy atom. The van der Waals surface area contributed by atoms with E-state index in [4.69, 9.17) is 10.5 Å². The van der Waals surface area contributed by atoms with Crippen LogP contribution in [-0.2, 0) is 15.7 Å². The Morgan fingerprint density at radius 1 is 1.32 bits per heavy atom. The number of ether oxygens (including phenoxy) is 1. The second-order valence-corrected chi connectivity index (χ2v) is 6.37. The smallest absolute Gasteiger partial charge is 0.418 e. The number of alkyl halides is 3. The Hall–Kier alpha value is -2.45. The molecule has 9 heteroatoms. The van der Waals surface area contributed by atoms with Gasteiger partial charge in [-0.1, -0.05) is 6.07 Å². The first-order valence-corrected chi connectivity index (χ1v) is 7.58. The third-order valence-corrected chi connectivity index (χ3v) is 3.05. The molecular formula is C16H22F3N3O3. The standard InChI is InChI=1S/C16H22F3N3O3/c1-15(2,3)25-14(24)22-10(9-23)7-8-21-12-6-4-5-11(13(12)20)16(17,18)19/h4-6,9-10,21H,7-8,20H2,1-3H3,(H,22,24). The number of nitrogens with one attached hydrogen (secondary N) is 2. The van der Waals surface area contributed by atoms with Crippen molar-refractivity contribution in [3.05, 3.63) is 23.8 Å². The van der Waals surface area contributed by atoms with Gasteiger partial charge in [-0.25, -0.2) is 4.79 Å². The summed E-state index contributed by atoms with van der Waals surface area (Å²) in [5, 5.41) is 5.12. The number of amides is 1. The van der Waals surface area contributed by atoms with Crippen LogP contribution in [0.3, 0.4) is 0 Å². The van der Waals surface area contributed by atoms with Crippen molar-refractivity contribution in [1.29, 1.82) is 0 Å². The molecule has 0 aliphatic rings. The van der Waals surface area contributed by atoms with E-state index in [1.165, 1.54) is 12.1 Å². The molecule has 1 rings (SSSR count). The number of anilines is 2. The first-order chi connectivity index (χ1) is 11.4. The van der Waals surface area contributed by atoms with Gasteiger partial charge in [0.15, 0.2) is 0 Å². The lowest BCUT2D eigenvalue weighted by atomic mass is 10.1. The van der Waals surface area contributed by atoms with Gasteiger partial charge >= 0.3 is 12.3 Å². The van der Waals surface area contributed by atoms with E-state index < -0.39 is 35.2 Å². The fraction of sp³-hybridized carbons (Fsp3) is 0.500. The molecule has 0 saturated heterocycles. The lowest BCUT2D eigenvalue weighted by molar-refractivity contribution is -0.136. The predicted molar refractivity (Wildman–Crippen MR) is 88.2 cm³/mol. The molecule has 4 N–H and O–H groups in total. The highest BCUT2D eigenvalue weighted by molar-refractivity contribution is 5.73. The lowest BCUT2D eigenvalue weighted by Crippen LogP contribution is -2.40. The third kappa shape index (κ3) is 6.90. The highest BCUT2D eigenvalue weighted by Crippen LogP contribution is 2.36. The Bertz CT molecular complexity index is 613. The number of nitrogens with two attached hydrogens (primary N) is 1. The molecule has 0 aliphatic heterocycles. The summed E-state index contributed by atoms with van der Waals surface area (Å²) in [7, 11) is 0.